The zero-order valence-corrected chi connectivity index (χ0v) is 17.9. The molecule has 0 bridgehead atoms. The van der Waals surface area contributed by atoms with Crippen molar-refractivity contribution in [2.75, 3.05) is 13.2 Å². The van der Waals surface area contributed by atoms with Crippen LogP contribution >= 0.6 is 9.47 Å². The summed E-state index contributed by atoms with van der Waals surface area (Å²) in [7, 11) is 2.07. The van der Waals surface area contributed by atoms with E-state index in [1.54, 1.807) is 0 Å². The molecule has 2 atom stereocenters. The highest BCUT2D eigenvalue weighted by molar-refractivity contribution is 7.09. The molecule has 0 fully saturated rings. The number of carbonyl (C=O) groups excluding carboxylic acids is 1. The number of rotatable bonds is 19. The van der Waals surface area contributed by atoms with Gasteiger partial charge < -0.3 is 14.4 Å². The minimum absolute atomic E-state index is 0.115. The van der Waals surface area contributed by atoms with E-state index < -0.39 is 6.10 Å². The Bertz CT molecular complexity index is 330. The summed E-state index contributed by atoms with van der Waals surface area (Å²) in [6.07, 6.45) is 20.9. The van der Waals surface area contributed by atoms with Crippen LogP contribution in [0.25, 0.3) is 0 Å². The lowest BCUT2D eigenvalue weighted by molar-refractivity contribution is -0.146. The Morgan fingerprint density at radius 1 is 0.923 bits per heavy atom. The number of unbranched alkanes of at least 4 members (excludes halogenated alkanes) is 11. The van der Waals surface area contributed by atoms with Gasteiger partial charge in [0.25, 0.3) is 0 Å². The van der Waals surface area contributed by atoms with E-state index in [1.165, 1.54) is 70.6 Å². The number of hydrogen-bond acceptors (Lipinski definition) is 4. The molecule has 4 nitrogen and oxygen atoms in total. The smallest absolute Gasteiger partial charge is 0.305 e. The summed E-state index contributed by atoms with van der Waals surface area (Å²) in [5.74, 6) is -0.205. The SMILES string of the molecule is CCCCCCCC/C=C\CCCCCCCC(=O)OCC(CO)OP. The Morgan fingerprint density at radius 3 is 2.00 bits per heavy atom. The van der Waals surface area contributed by atoms with Gasteiger partial charge in [-0.3, -0.25) is 4.79 Å². The molecular weight excluding hydrogens is 347 g/mol. The second kappa shape index (κ2) is 20.9. The van der Waals surface area contributed by atoms with Crippen molar-refractivity contribution in [3.05, 3.63) is 12.2 Å². The predicted octanol–water partition coefficient (Wildman–Crippen LogP) is 5.73. The lowest BCUT2D eigenvalue weighted by Crippen LogP contribution is -2.22. The molecule has 0 radical (unpaired) electrons. The molecule has 26 heavy (non-hydrogen) atoms. The number of carbonyl (C=O) groups is 1. The molecule has 0 aliphatic rings. The summed E-state index contributed by atoms with van der Waals surface area (Å²) in [4.78, 5) is 11.5. The van der Waals surface area contributed by atoms with Gasteiger partial charge in [0.1, 0.15) is 12.7 Å². The highest BCUT2D eigenvalue weighted by atomic mass is 31.0. The van der Waals surface area contributed by atoms with E-state index in [0.717, 1.165) is 12.8 Å². The van der Waals surface area contributed by atoms with Crippen LogP contribution in [0.3, 0.4) is 0 Å². The normalized spacial score (nSPS) is 12.6. The molecule has 0 saturated carbocycles. The maximum atomic E-state index is 11.5. The quantitative estimate of drug-likeness (QED) is 0.133. The van der Waals surface area contributed by atoms with Gasteiger partial charge in [0.2, 0.25) is 0 Å². The molecular formula is C21H41O4P. The Balaban J connectivity index is 3.28. The molecule has 154 valence electrons. The molecule has 0 spiro atoms. The van der Waals surface area contributed by atoms with Gasteiger partial charge in [0.15, 0.2) is 0 Å². The van der Waals surface area contributed by atoms with Crippen molar-refractivity contribution in [2.24, 2.45) is 0 Å². The summed E-state index contributed by atoms with van der Waals surface area (Å²) < 4.78 is 9.92. The van der Waals surface area contributed by atoms with E-state index in [2.05, 4.69) is 28.5 Å². The van der Waals surface area contributed by atoms with Crippen LogP contribution in [0, 0.1) is 0 Å². The first kappa shape index (κ1) is 25.6. The third-order valence-electron chi connectivity index (χ3n) is 4.47. The van der Waals surface area contributed by atoms with Crippen LogP contribution in [0.1, 0.15) is 96.8 Å². The number of aliphatic hydroxyl groups is 1. The zero-order chi connectivity index (χ0) is 19.3. The lowest BCUT2D eigenvalue weighted by atomic mass is 10.1. The van der Waals surface area contributed by atoms with Crippen molar-refractivity contribution in [2.45, 2.75) is 103 Å². The van der Waals surface area contributed by atoms with Gasteiger partial charge in [-0.15, -0.1) is 0 Å². The Morgan fingerprint density at radius 2 is 1.46 bits per heavy atom. The van der Waals surface area contributed by atoms with Crippen molar-refractivity contribution in [3.63, 3.8) is 0 Å². The molecule has 0 rings (SSSR count). The standard InChI is InChI=1S/C21H41O4P/c1-2-3-4-5-6-7-8-9-10-11-12-13-14-15-16-17-21(23)24-19-20(18-22)25-26/h9-10,20,22H,2-8,11-19,26H2,1H3/b10-9-. The van der Waals surface area contributed by atoms with E-state index in [0.29, 0.717) is 6.42 Å². The molecule has 2 unspecified atom stereocenters. The molecule has 0 aliphatic heterocycles. The Labute approximate surface area is 163 Å². The number of allylic oxidation sites excluding steroid dienone is 2. The molecule has 0 aromatic rings. The van der Waals surface area contributed by atoms with Crippen LogP contribution in [-0.4, -0.2) is 30.4 Å². The fourth-order valence-electron chi connectivity index (χ4n) is 2.73. The van der Waals surface area contributed by atoms with Gasteiger partial charge in [0, 0.05) is 15.9 Å². The lowest BCUT2D eigenvalue weighted by Gasteiger charge is -2.12. The molecule has 1 N–H and O–H groups in total. The van der Waals surface area contributed by atoms with Crippen molar-refractivity contribution >= 4 is 15.4 Å². The second-order valence-electron chi connectivity index (χ2n) is 6.96. The van der Waals surface area contributed by atoms with Crippen molar-refractivity contribution < 1.29 is 19.2 Å². The molecule has 0 aromatic carbocycles. The summed E-state index contributed by atoms with van der Waals surface area (Å²) in [5, 5.41) is 8.92. The fraction of sp³-hybridized carbons (Fsp3) is 0.857. The maximum Gasteiger partial charge on any atom is 0.305 e. The minimum Gasteiger partial charge on any atom is -0.463 e. The first-order valence-electron chi connectivity index (χ1n) is 10.5. The van der Waals surface area contributed by atoms with Crippen molar-refractivity contribution in [3.8, 4) is 0 Å². The van der Waals surface area contributed by atoms with E-state index in [-0.39, 0.29) is 19.2 Å². The Hall–Kier alpha value is -0.440. The van der Waals surface area contributed by atoms with Gasteiger partial charge in [-0.1, -0.05) is 70.4 Å². The number of esters is 1. The summed E-state index contributed by atoms with van der Waals surface area (Å²) >= 11 is 0. The van der Waals surface area contributed by atoms with E-state index in [4.69, 9.17) is 14.4 Å². The van der Waals surface area contributed by atoms with Gasteiger partial charge in [-0.2, -0.15) is 0 Å². The molecule has 0 aliphatic carbocycles. The number of hydrogen-bond donors (Lipinski definition) is 1. The van der Waals surface area contributed by atoms with Crippen LogP contribution in [0.15, 0.2) is 12.2 Å². The highest BCUT2D eigenvalue weighted by Crippen LogP contribution is 2.10. The van der Waals surface area contributed by atoms with Gasteiger partial charge in [-0.25, -0.2) is 0 Å². The van der Waals surface area contributed by atoms with Crippen LogP contribution in [-0.2, 0) is 14.1 Å². The number of aliphatic hydroxyl groups excluding tert-OH is 1. The topological polar surface area (TPSA) is 55.8 Å². The van der Waals surface area contributed by atoms with E-state index in [1.807, 2.05) is 0 Å². The van der Waals surface area contributed by atoms with Crippen LogP contribution < -0.4 is 0 Å². The molecule has 0 aromatic heterocycles. The third-order valence-corrected chi connectivity index (χ3v) is 4.85. The summed E-state index contributed by atoms with van der Waals surface area (Å²) in [6, 6.07) is 0. The zero-order valence-electron chi connectivity index (χ0n) is 16.8. The summed E-state index contributed by atoms with van der Waals surface area (Å²) in [6.45, 7) is 2.22. The minimum atomic E-state index is -0.446. The monoisotopic (exact) mass is 388 g/mol. The average Bonchev–Trinajstić information content (AvgIpc) is 2.65. The summed E-state index contributed by atoms with van der Waals surface area (Å²) in [5.41, 5.74) is 0. The van der Waals surface area contributed by atoms with Crippen molar-refractivity contribution in [1.82, 2.24) is 0 Å². The highest BCUT2D eigenvalue weighted by Gasteiger charge is 2.09. The predicted molar refractivity (Wildman–Crippen MR) is 112 cm³/mol. The van der Waals surface area contributed by atoms with E-state index in [9.17, 15) is 4.79 Å². The first-order valence-corrected chi connectivity index (χ1v) is 11.0. The molecule has 0 amide bonds. The van der Waals surface area contributed by atoms with E-state index >= 15 is 0 Å². The van der Waals surface area contributed by atoms with Crippen LogP contribution in [0.2, 0.25) is 0 Å². The van der Waals surface area contributed by atoms with Gasteiger partial charge in [0.05, 0.1) is 6.61 Å². The first-order chi connectivity index (χ1) is 12.7. The van der Waals surface area contributed by atoms with Crippen molar-refractivity contribution in [1.29, 1.82) is 0 Å². The fourth-order valence-corrected chi connectivity index (χ4v) is 2.90. The molecule has 0 saturated heterocycles. The van der Waals surface area contributed by atoms with Gasteiger partial charge in [-0.05, 0) is 32.1 Å². The number of ether oxygens (including phenoxy) is 1. The second-order valence-corrected chi connectivity index (χ2v) is 7.23. The largest absolute Gasteiger partial charge is 0.463 e. The van der Waals surface area contributed by atoms with Crippen LogP contribution in [0.5, 0.6) is 0 Å². The molecule has 5 heteroatoms. The van der Waals surface area contributed by atoms with Gasteiger partial charge >= 0.3 is 5.97 Å². The van der Waals surface area contributed by atoms with Crippen LogP contribution in [0.4, 0.5) is 0 Å². The third kappa shape index (κ3) is 18.4. The Kier molecular flexibility index (Phi) is 20.5. The maximum absolute atomic E-state index is 11.5. The molecule has 0 heterocycles. The average molecular weight is 389 g/mol.